The van der Waals surface area contributed by atoms with E-state index >= 15 is 0 Å². The average molecular weight is 401 g/mol. The summed E-state index contributed by atoms with van der Waals surface area (Å²) < 4.78 is 0. The largest absolute Gasteiger partial charge is 0.381 e. The Morgan fingerprint density at radius 1 is 0.700 bits per heavy atom. The van der Waals surface area contributed by atoms with Crippen LogP contribution in [0.2, 0.25) is 0 Å². The van der Waals surface area contributed by atoms with Crippen LogP contribution in [0.25, 0.3) is 0 Å². The van der Waals surface area contributed by atoms with E-state index in [0.717, 1.165) is 17.8 Å². The Labute approximate surface area is 180 Å². The number of carbonyl (C=O) groups excluding carboxylic acids is 1. The molecular formula is C27H32N2O. The van der Waals surface area contributed by atoms with E-state index in [1.54, 1.807) is 6.92 Å². The van der Waals surface area contributed by atoms with Crippen LogP contribution in [0, 0.1) is 27.7 Å². The van der Waals surface area contributed by atoms with Crippen molar-refractivity contribution < 1.29 is 4.79 Å². The second-order valence-electron chi connectivity index (χ2n) is 8.42. The molecule has 0 atom stereocenters. The van der Waals surface area contributed by atoms with Crippen molar-refractivity contribution in [1.29, 1.82) is 0 Å². The Hall–Kier alpha value is -3.07. The molecule has 0 aliphatic carbocycles. The van der Waals surface area contributed by atoms with Crippen LogP contribution in [-0.4, -0.2) is 10.8 Å². The summed E-state index contributed by atoms with van der Waals surface area (Å²) in [4.78, 5) is 14.1. The van der Waals surface area contributed by atoms with Gasteiger partial charge in [0.1, 0.15) is 0 Å². The van der Waals surface area contributed by atoms with Crippen molar-refractivity contribution >= 4 is 11.6 Å². The van der Waals surface area contributed by atoms with Crippen LogP contribution in [-0.2, 0) is 24.4 Å². The highest BCUT2D eigenvalue weighted by atomic mass is 16.2. The molecule has 0 spiro atoms. The molecule has 3 heteroatoms. The van der Waals surface area contributed by atoms with E-state index in [0.29, 0.717) is 13.1 Å². The highest BCUT2D eigenvalue weighted by molar-refractivity contribution is 5.73. The summed E-state index contributed by atoms with van der Waals surface area (Å²) in [6, 6.07) is 21.5. The molecule has 30 heavy (non-hydrogen) atoms. The molecule has 0 bridgehead atoms. The molecule has 156 valence electrons. The third kappa shape index (κ3) is 6.21. The van der Waals surface area contributed by atoms with Crippen molar-refractivity contribution in [2.45, 2.75) is 54.3 Å². The Morgan fingerprint density at radius 3 is 1.70 bits per heavy atom. The predicted octanol–water partition coefficient (Wildman–Crippen LogP) is 6.08. The lowest BCUT2D eigenvalue weighted by Gasteiger charge is -2.22. The van der Waals surface area contributed by atoms with Gasteiger partial charge in [-0.2, -0.15) is 0 Å². The molecule has 0 heterocycles. The van der Waals surface area contributed by atoms with Crippen LogP contribution in [0.4, 0.5) is 5.69 Å². The molecule has 0 unspecified atom stereocenters. The summed E-state index contributed by atoms with van der Waals surface area (Å²) in [5.41, 5.74) is 9.68. The van der Waals surface area contributed by atoms with Crippen molar-refractivity contribution in [3.05, 3.63) is 99.6 Å². The quantitative estimate of drug-likeness (QED) is 0.521. The van der Waals surface area contributed by atoms with Crippen LogP contribution in [0.3, 0.4) is 0 Å². The summed E-state index contributed by atoms with van der Waals surface area (Å²) in [6.45, 7) is 12.1. The summed E-state index contributed by atoms with van der Waals surface area (Å²) in [6.07, 6.45) is 0. The molecule has 3 nitrogen and oxygen atoms in total. The molecule has 3 aromatic carbocycles. The Balaban J connectivity index is 1.63. The first-order valence-electron chi connectivity index (χ1n) is 10.5. The van der Waals surface area contributed by atoms with Gasteiger partial charge in [0.05, 0.1) is 0 Å². The lowest BCUT2D eigenvalue weighted by Crippen LogP contribution is -2.27. The highest BCUT2D eigenvalue weighted by Crippen LogP contribution is 2.17. The number of hydrogen-bond donors (Lipinski definition) is 1. The number of amides is 1. The first kappa shape index (κ1) is 21.6. The van der Waals surface area contributed by atoms with Gasteiger partial charge in [0.25, 0.3) is 0 Å². The molecule has 0 aromatic heterocycles. The molecular weight excluding hydrogens is 368 g/mol. The van der Waals surface area contributed by atoms with E-state index in [9.17, 15) is 4.79 Å². The predicted molar refractivity (Wildman–Crippen MR) is 126 cm³/mol. The SMILES string of the molecule is CC(=O)N(Cc1ccc(CNc2cc(C)cc(C)c2)cc1)Cc1cc(C)cc(C)c1. The van der Waals surface area contributed by atoms with Crippen LogP contribution < -0.4 is 5.32 Å². The molecule has 0 radical (unpaired) electrons. The molecule has 0 aliphatic heterocycles. The fourth-order valence-corrected chi connectivity index (χ4v) is 3.92. The maximum Gasteiger partial charge on any atom is 0.220 e. The average Bonchev–Trinajstić information content (AvgIpc) is 2.65. The Bertz CT molecular complexity index is 981. The summed E-state index contributed by atoms with van der Waals surface area (Å²) in [5.74, 6) is 0.0923. The van der Waals surface area contributed by atoms with Gasteiger partial charge in [0.15, 0.2) is 0 Å². The number of nitrogens with one attached hydrogen (secondary N) is 1. The van der Waals surface area contributed by atoms with E-state index < -0.39 is 0 Å². The van der Waals surface area contributed by atoms with Crippen molar-refractivity contribution in [2.24, 2.45) is 0 Å². The minimum atomic E-state index is 0.0923. The van der Waals surface area contributed by atoms with Crippen LogP contribution in [0.1, 0.15) is 45.9 Å². The van der Waals surface area contributed by atoms with Crippen LogP contribution >= 0.6 is 0 Å². The molecule has 0 saturated heterocycles. The smallest absolute Gasteiger partial charge is 0.220 e. The first-order valence-corrected chi connectivity index (χ1v) is 10.5. The number of hydrogen-bond acceptors (Lipinski definition) is 2. The van der Waals surface area contributed by atoms with Gasteiger partial charge in [-0.05, 0) is 67.6 Å². The summed E-state index contributed by atoms with van der Waals surface area (Å²) in [7, 11) is 0. The second kappa shape index (κ2) is 9.62. The fraction of sp³-hybridized carbons (Fsp3) is 0.296. The number of anilines is 1. The van der Waals surface area contributed by atoms with Gasteiger partial charge in [-0.15, -0.1) is 0 Å². The second-order valence-corrected chi connectivity index (χ2v) is 8.42. The fourth-order valence-electron chi connectivity index (χ4n) is 3.92. The van der Waals surface area contributed by atoms with E-state index in [1.807, 2.05) is 4.90 Å². The van der Waals surface area contributed by atoms with Crippen molar-refractivity contribution in [2.75, 3.05) is 5.32 Å². The molecule has 0 fully saturated rings. The lowest BCUT2D eigenvalue weighted by atomic mass is 10.1. The van der Waals surface area contributed by atoms with Crippen LogP contribution in [0.5, 0.6) is 0 Å². The summed E-state index contributed by atoms with van der Waals surface area (Å²) >= 11 is 0. The molecule has 3 aromatic rings. The van der Waals surface area contributed by atoms with Gasteiger partial charge in [0.2, 0.25) is 5.91 Å². The number of benzene rings is 3. The standard InChI is InChI=1S/C27H32N2O/c1-19-10-20(2)13-26(12-19)18-29(23(5)30)17-25-8-6-24(7-9-25)16-28-27-14-21(3)11-22(4)15-27/h6-15,28H,16-18H2,1-5H3. The molecule has 1 amide bonds. The van der Waals surface area contributed by atoms with Crippen molar-refractivity contribution in [3.8, 4) is 0 Å². The van der Waals surface area contributed by atoms with Crippen molar-refractivity contribution in [3.63, 3.8) is 0 Å². The van der Waals surface area contributed by atoms with Gasteiger partial charge in [-0.25, -0.2) is 0 Å². The molecule has 1 N–H and O–H groups in total. The van der Waals surface area contributed by atoms with Crippen molar-refractivity contribution in [1.82, 2.24) is 4.90 Å². The topological polar surface area (TPSA) is 32.3 Å². The molecule has 3 rings (SSSR count). The van der Waals surface area contributed by atoms with Gasteiger partial charge < -0.3 is 10.2 Å². The van der Waals surface area contributed by atoms with Crippen LogP contribution in [0.15, 0.2) is 60.7 Å². The van der Waals surface area contributed by atoms with Gasteiger partial charge in [0, 0.05) is 32.2 Å². The lowest BCUT2D eigenvalue weighted by molar-refractivity contribution is -0.130. The monoisotopic (exact) mass is 400 g/mol. The zero-order valence-electron chi connectivity index (χ0n) is 18.8. The van der Waals surface area contributed by atoms with E-state index in [1.165, 1.54) is 33.4 Å². The normalized spacial score (nSPS) is 10.7. The number of rotatable bonds is 7. The minimum absolute atomic E-state index is 0.0923. The maximum absolute atomic E-state index is 12.2. The van der Waals surface area contributed by atoms with E-state index in [4.69, 9.17) is 0 Å². The van der Waals surface area contributed by atoms with Gasteiger partial charge in [-0.1, -0.05) is 59.7 Å². The number of nitrogens with zero attached hydrogens (tertiary/aromatic N) is 1. The highest BCUT2D eigenvalue weighted by Gasteiger charge is 2.11. The zero-order valence-corrected chi connectivity index (χ0v) is 18.8. The zero-order chi connectivity index (χ0) is 21.7. The number of carbonyl (C=O) groups is 1. The third-order valence-corrected chi connectivity index (χ3v) is 5.21. The molecule has 0 saturated carbocycles. The Morgan fingerprint density at radius 2 is 1.17 bits per heavy atom. The number of aryl methyl sites for hydroxylation is 4. The minimum Gasteiger partial charge on any atom is -0.381 e. The van der Waals surface area contributed by atoms with E-state index in [2.05, 4.69) is 93.7 Å². The maximum atomic E-state index is 12.2. The first-order chi connectivity index (χ1) is 14.3. The Kier molecular flexibility index (Phi) is 6.94. The van der Waals surface area contributed by atoms with Gasteiger partial charge in [-0.3, -0.25) is 4.79 Å². The molecule has 0 aliphatic rings. The van der Waals surface area contributed by atoms with Gasteiger partial charge >= 0.3 is 0 Å². The van der Waals surface area contributed by atoms with E-state index in [-0.39, 0.29) is 5.91 Å². The third-order valence-electron chi connectivity index (χ3n) is 5.21. The summed E-state index contributed by atoms with van der Waals surface area (Å²) in [5, 5.41) is 3.50.